The topological polar surface area (TPSA) is 80.3 Å². The van der Waals surface area contributed by atoms with Crippen LogP contribution < -0.4 is 0 Å². The Hall–Kier alpha value is 2.04. The minimum atomic E-state index is -5.17. The molecule has 0 fully saturated rings. The first-order valence-electron chi connectivity index (χ1n) is 1.32. The molecule has 0 aliphatic rings. The summed E-state index contributed by atoms with van der Waals surface area (Å²) in [6.07, 6.45) is 0. The second kappa shape index (κ2) is 9.13. The van der Waals surface area contributed by atoms with Crippen LogP contribution in [0.25, 0.3) is 0 Å². The monoisotopic (exact) mass is 252 g/mol. The molecular weight excluding hydrogens is 254 g/mol. The third-order valence-corrected chi connectivity index (χ3v) is 0. The molecule has 0 aliphatic carbocycles. The van der Waals surface area contributed by atoms with Crippen LogP contribution in [0.5, 0.6) is 0 Å². The van der Waals surface area contributed by atoms with Crippen molar-refractivity contribution in [2.45, 2.75) is 0 Å². The van der Waals surface area contributed by atoms with Crippen LogP contribution >= 0.6 is 30.1 Å². The van der Waals surface area contributed by atoms with E-state index in [9.17, 15) is 0 Å². The molecule has 0 radical (unpaired) electrons. The Morgan fingerprint density at radius 1 is 1.10 bits per heavy atom. The van der Waals surface area contributed by atoms with Crippen LogP contribution in [0, 0.1) is 0 Å². The fraction of sp³-hybridized carbons (Fsp3) is 0. The largest absolute Gasteiger partial charge is 2.00 e. The minimum absolute atomic E-state index is 0. The van der Waals surface area contributed by atoms with Crippen molar-refractivity contribution in [2.75, 3.05) is 0 Å². The summed E-state index contributed by atoms with van der Waals surface area (Å²) in [5.74, 6) is 0. The summed E-state index contributed by atoms with van der Waals surface area (Å²) in [6.45, 7) is 0. The van der Waals surface area contributed by atoms with E-state index in [1.54, 1.807) is 0 Å². The Labute approximate surface area is 91.6 Å². The van der Waals surface area contributed by atoms with E-state index in [-0.39, 0.29) is 23.1 Å². The summed E-state index contributed by atoms with van der Waals surface area (Å²) < 4.78 is 34.1. The molecule has 0 rings (SSSR count). The van der Waals surface area contributed by atoms with Gasteiger partial charge in [-0.05, 0) is 0 Å². The number of rotatable bonds is 0. The minimum Gasteiger partial charge on any atom is -0.759 e. The van der Waals surface area contributed by atoms with Crippen molar-refractivity contribution < 1.29 is 17.5 Å². The number of hydrogen-bond donors (Lipinski definition) is 0. The fourth-order valence-corrected chi connectivity index (χ4v) is 0. The molecule has 56 valence electrons. The Balaban J connectivity index is -0.0000000910. The fourth-order valence-electron chi connectivity index (χ4n) is 0. The van der Waals surface area contributed by atoms with Crippen LogP contribution in [-0.2, 0) is 10.4 Å². The van der Waals surface area contributed by atoms with E-state index in [4.69, 9.17) is 47.7 Å². The second-order valence-corrected chi connectivity index (χ2v) is 7.91. The average Bonchev–Trinajstić information content (AvgIpc) is 1.19. The van der Waals surface area contributed by atoms with Gasteiger partial charge in [0.15, 0.2) is 0 Å². The molecule has 0 amide bonds. The maximum Gasteiger partial charge on any atom is 2.00 e. The molecule has 0 aromatic heterocycles. The van der Waals surface area contributed by atoms with E-state index in [0.29, 0.717) is 0 Å². The average molecular weight is 254 g/mol. The van der Waals surface area contributed by atoms with Gasteiger partial charge in [0.1, 0.15) is 0 Å². The third kappa shape index (κ3) is 197. The van der Waals surface area contributed by atoms with Crippen molar-refractivity contribution in [2.24, 2.45) is 0 Å². The normalized spacial score (nSPS) is 8.50. The number of halogens is 3. The molecule has 0 saturated carbocycles. The van der Waals surface area contributed by atoms with Crippen molar-refractivity contribution >= 4 is 75.0 Å². The maximum absolute atomic E-state index is 8.52. The summed E-state index contributed by atoms with van der Waals surface area (Å²) in [7, 11) is 9.67. The quantitative estimate of drug-likeness (QED) is 0.345. The van der Waals surface area contributed by atoms with Crippen molar-refractivity contribution in [1.29, 1.82) is 0 Å². The van der Waals surface area contributed by atoms with Crippen molar-refractivity contribution in [3.8, 4) is 0 Å². The van der Waals surface area contributed by atoms with Gasteiger partial charge in [-0.2, -0.15) is 0 Å². The van der Waals surface area contributed by atoms with Crippen LogP contribution in [-0.4, -0.2) is 52.0 Å². The van der Waals surface area contributed by atoms with Gasteiger partial charge in [-0.3, -0.25) is 8.42 Å². The van der Waals surface area contributed by atoms with Crippen molar-refractivity contribution in [1.82, 2.24) is 0 Å². The molecule has 0 aromatic carbocycles. The number of hydrogen-bond acceptors (Lipinski definition) is 4. The third-order valence-electron chi connectivity index (χ3n) is 0. The molecule has 0 unspecified atom stereocenters. The Morgan fingerprint density at radius 2 is 1.10 bits per heavy atom. The predicted molar refractivity (Wildman–Crippen MR) is 39.5 cm³/mol. The molecule has 0 atom stereocenters. The van der Waals surface area contributed by atoms with E-state index in [2.05, 4.69) is 0 Å². The first kappa shape index (κ1) is 18.0. The first-order chi connectivity index (χ1) is 3.73. The molecule has 0 spiro atoms. The predicted octanol–water partition coefficient (Wildman–Crippen LogP) is -0.0311. The van der Waals surface area contributed by atoms with Gasteiger partial charge in [-0.1, -0.05) is 0 Å². The molecule has 0 saturated heterocycles. The molecule has 10 heavy (non-hydrogen) atoms. The zero-order valence-electron chi connectivity index (χ0n) is 4.46. The summed E-state index contributed by atoms with van der Waals surface area (Å²) in [6, 6.07) is 0. The van der Waals surface area contributed by atoms with Gasteiger partial charge in [-0.25, -0.2) is 30.1 Å². The molecule has 0 bridgehead atoms. The van der Waals surface area contributed by atoms with Gasteiger partial charge in [0.25, 0.3) is 0 Å². The summed E-state index contributed by atoms with van der Waals surface area (Å²) in [5, 5.41) is 0. The second-order valence-electron chi connectivity index (χ2n) is 0.656. The Bertz CT molecular complexity index is 132. The van der Waals surface area contributed by atoms with Crippen LogP contribution in [0.3, 0.4) is 0 Å². The summed E-state index contributed by atoms with van der Waals surface area (Å²) in [5.41, 5.74) is 0. The van der Waals surface area contributed by atoms with Gasteiger partial charge in [0.05, 0.1) is 0 Å². The van der Waals surface area contributed by atoms with Gasteiger partial charge < -0.3 is 9.11 Å². The standard InChI is InChI=1S/Al.3ClH.Mg.H2O4S/c;;;;;1-5(2,3)4/h;3*1H;;(H2,1,2,3,4)/q+3;;;;+2;/p-5. The van der Waals surface area contributed by atoms with Gasteiger partial charge >= 0.3 is 34.4 Å². The van der Waals surface area contributed by atoms with E-state index in [1.165, 1.54) is 0 Å². The zero-order valence-corrected chi connectivity index (χ0v) is 10.1. The van der Waals surface area contributed by atoms with E-state index >= 15 is 0 Å². The van der Waals surface area contributed by atoms with Gasteiger partial charge in [-0.15, -0.1) is 0 Å². The Kier molecular flexibility index (Phi) is 16.4. The molecule has 0 aromatic rings. The van der Waals surface area contributed by atoms with Crippen molar-refractivity contribution in [3.05, 3.63) is 0 Å². The smallest absolute Gasteiger partial charge is 0.759 e. The molecule has 0 N–H and O–H groups in total. The zero-order chi connectivity index (χ0) is 8.08. The van der Waals surface area contributed by atoms with Crippen LogP contribution in [0.1, 0.15) is 0 Å². The summed E-state index contributed by atoms with van der Waals surface area (Å²) >= 11 is -1.72. The van der Waals surface area contributed by atoms with Gasteiger partial charge in [0, 0.05) is 10.4 Å². The van der Waals surface area contributed by atoms with Crippen LogP contribution in [0.15, 0.2) is 0 Å². The summed E-state index contributed by atoms with van der Waals surface area (Å²) in [4.78, 5) is 0. The van der Waals surface area contributed by atoms with Crippen molar-refractivity contribution in [3.63, 3.8) is 0 Å². The molecule has 4 nitrogen and oxygen atoms in total. The molecule has 0 heterocycles. The van der Waals surface area contributed by atoms with E-state index in [0.717, 1.165) is 0 Å². The first-order valence-corrected chi connectivity index (χ1v) is 7.89. The van der Waals surface area contributed by atoms with E-state index < -0.39 is 21.8 Å². The molecule has 10 heteroatoms. The van der Waals surface area contributed by atoms with Crippen LogP contribution in [0.4, 0.5) is 0 Å². The SMILES string of the molecule is O=S(=O)([O-])[O-].[Cl][Al]([Cl])[Cl].[Mg+2]. The molecular formula is AlCl3MgO4S. The molecule has 0 aliphatic heterocycles. The maximum atomic E-state index is 8.52. The van der Waals surface area contributed by atoms with Crippen LogP contribution in [0.2, 0.25) is 0 Å². The van der Waals surface area contributed by atoms with Gasteiger partial charge in [0.2, 0.25) is 0 Å². The van der Waals surface area contributed by atoms with E-state index in [1.807, 2.05) is 0 Å². The Morgan fingerprint density at radius 3 is 1.10 bits per heavy atom.